The Morgan fingerprint density at radius 2 is 0.389 bits per heavy atom. The molecule has 113 heavy (non-hydrogen) atoms. The predicted octanol–water partition coefficient (Wildman–Crippen LogP) is 30.2. The molecule has 1 aliphatic carbocycles. The van der Waals surface area contributed by atoms with Gasteiger partial charge in [0.25, 0.3) is 35.3 Å². The van der Waals surface area contributed by atoms with E-state index in [1.165, 1.54) is 161 Å². The Hall–Kier alpha value is -8.82. The van der Waals surface area contributed by atoms with E-state index in [1.54, 1.807) is 0 Å². The molecule has 15 heteroatoms. The molecule has 5 aliphatic rings. The Labute approximate surface area is 673 Å². The minimum absolute atomic E-state index is 0.194. The van der Waals surface area contributed by atoms with Gasteiger partial charge in [-0.3, -0.25) is 0 Å². The van der Waals surface area contributed by atoms with Gasteiger partial charge >= 0.3 is 8.56 Å². The zero-order chi connectivity index (χ0) is 77.3. The lowest BCUT2D eigenvalue weighted by atomic mass is 9.76. The van der Waals surface area contributed by atoms with Gasteiger partial charge < -0.3 is 37.3 Å². The van der Waals surface area contributed by atoms with Crippen LogP contribution in [0.3, 0.4) is 0 Å². The lowest BCUT2D eigenvalue weighted by Gasteiger charge is -2.36. The zero-order valence-electron chi connectivity index (χ0n) is 68.6. The highest BCUT2D eigenvalue weighted by molar-refractivity contribution is 6.66. The summed E-state index contributed by atoms with van der Waals surface area (Å²) in [5.74, 6) is 5.72. The molecule has 7 heterocycles. The quantitative estimate of drug-likeness (QED) is 0.0265. The van der Waals surface area contributed by atoms with E-state index in [2.05, 4.69) is 89.3 Å². The summed E-state index contributed by atoms with van der Waals surface area (Å²) in [5.41, 5.74) is 12.5. The number of nitrogens with zero attached hydrogens (tertiary/aromatic N) is 6. The molecule has 596 valence electrons. The van der Waals surface area contributed by atoms with Crippen LogP contribution < -0.4 is 37.3 Å². The van der Waals surface area contributed by atoms with E-state index >= 15 is 0 Å². The van der Waals surface area contributed by atoms with Gasteiger partial charge in [-0.15, -0.1) is 0 Å². The van der Waals surface area contributed by atoms with Crippen LogP contribution in [0, 0.1) is 0 Å². The maximum absolute atomic E-state index is 7.68. The van der Waals surface area contributed by atoms with Gasteiger partial charge in [0.1, 0.15) is 46.0 Å². The molecule has 0 spiro atoms. The van der Waals surface area contributed by atoms with E-state index in [4.69, 9.17) is 67.2 Å². The average Bonchev–Trinajstić information content (AvgIpc) is 1.71. The van der Waals surface area contributed by atoms with Crippen LogP contribution in [0.5, 0.6) is 81.3 Å². The summed E-state index contributed by atoms with van der Waals surface area (Å²) < 4.78 is 61.0. The van der Waals surface area contributed by atoms with Crippen LogP contribution in [0.25, 0.3) is 33.1 Å². The molecule has 0 saturated carbocycles. The van der Waals surface area contributed by atoms with E-state index in [0.29, 0.717) is 67.6 Å². The number of unbranched alkanes of at least 4 members (excludes halogenated alkanes) is 32. The van der Waals surface area contributed by atoms with Gasteiger partial charge in [0.05, 0.1) is 33.1 Å². The second-order valence-corrected chi connectivity index (χ2v) is 36.8. The van der Waals surface area contributed by atoms with Crippen molar-refractivity contribution in [3.63, 3.8) is 0 Å². The molecule has 0 amide bonds. The van der Waals surface area contributed by atoms with Crippen molar-refractivity contribution in [1.29, 1.82) is 0 Å². The summed E-state index contributed by atoms with van der Waals surface area (Å²) in [6.07, 6.45) is 46.5. The van der Waals surface area contributed by atoms with Gasteiger partial charge in [0, 0.05) is 106 Å². The maximum Gasteiger partial charge on any atom is 0.454 e. The minimum Gasteiger partial charge on any atom is -0.512 e. The molecular weight excluding hydrogens is 1420 g/mol. The molecule has 0 saturated heterocycles. The molecule has 14 nitrogen and oxygen atoms in total. The second kappa shape index (κ2) is 38.5. The largest absolute Gasteiger partial charge is 0.512 e. The van der Waals surface area contributed by atoms with Crippen molar-refractivity contribution in [3.05, 3.63) is 166 Å². The van der Waals surface area contributed by atoms with Gasteiger partial charge in [0.2, 0.25) is 0 Å². The van der Waals surface area contributed by atoms with Crippen LogP contribution in [0.4, 0.5) is 0 Å². The van der Waals surface area contributed by atoms with Crippen molar-refractivity contribution in [2.24, 2.45) is 0 Å². The van der Waals surface area contributed by atoms with Crippen molar-refractivity contribution in [3.8, 4) is 81.3 Å². The van der Waals surface area contributed by atoms with Crippen molar-refractivity contribution in [1.82, 2.24) is 29.9 Å². The van der Waals surface area contributed by atoms with Gasteiger partial charge in [-0.05, 0) is 86.3 Å². The number of rotatable bonds is 40. The predicted molar refractivity (Wildman–Crippen MR) is 458 cm³/mol. The summed E-state index contributed by atoms with van der Waals surface area (Å²) >= 11 is 0. The third kappa shape index (κ3) is 19.3. The molecule has 7 aromatic carbocycles. The molecular formula is C98H122N6O8Si. The summed E-state index contributed by atoms with van der Waals surface area (Å²) in [5, 5.41) is 0. The van der Waals surface area contributed by atoms with E-state index in [9.17, 15) is 0 Å². The fourth-order valence-electron chi connectivity index (χ4n) is 18.3. The van der Waals surface area contributed by atoms with Crippen molar-refractivity contribution < 1.29 is 37.3 Å². The minimum atomic E-state index is -3.23. The zero-order valence-corrected chi connectivity index (χ0v) is 69.6. The molecule has 15 rings (SSSR count). The lowest BCUT2D eigenvalue weighted by Crippen LogP contribution is -2.43. The maximum atomic E-state index is 7.68. The molecule has 3 aromatic heterocycles. The molecule has 4 aliphatic heterocycles. The molecule has 0 radical (unpaired) electrons. The highest BCUT2D eigenvalue weighted by atomic mass is 28.4. The monoisotopic (exact) mass is 1540 g/mol. The van der Waals surface area contributed by atoms with Crippen molar-refractivity contribution in [2.45, 2.75) is 321 Å². The summed E-state index contributed by atoms with van der Waals surface area (Å²) in [7, 11) is -3.23. The molecule has 0 N–H and O–H groups in total. The number of benzene rings is 7. The fourth-order valence-corrected chi connectivity index (χ4v) is 19.8. The van der Waals surface area contributed by atoms with Crippen LogP contribution in [0.1, 0.15) is 353 Å². The highest BCUT2D eigenvalue weighted by Gasteiger charge is 2.42. The number of hydrogen-bond donors (Lipinski definition) is 0. The first-order valence-electron chi connectivity index (χ1n) is 44.6. The summed E-state index contributed by atoms with van der Waals surface area (Å²) in [6, 6.07) is 42.5. The molecule has 2 atom stereocenters. The Balaban J connectivity index is 1.01. The third-order valence-electron chi connectivity index (χ3n) is 24.4. The number of ether oxygens (including phenoxy) is 6. The van der Waals surface area contributed by atoms with Crippen molar-refractivity contribution >= 4 is 41.7 Å². The number of aromatic nitrogens is 6. The van der Waals surface area contributed by atoms with E-state index in [-0.39, 0.29) is 59.0 Å². The molecule has 0 fully saturated rings. The van der Waals surface area contributed by atoms with Gasteiger partial charge in [0.15, 0.2) is 0 Å². The highest BCUT2D eigenvalue weighted by Crippen LogP contribution is 2.59. The van der Waals surface area contributed by atoms with E-state index in [0.717, 1.165) is 152 Å². The van der Waals surface area contributed by atoms with Crippen LogP contribution >= 0.6 is 0 Å². The van der Waals surface area contributed by atoms with Crippen LogP contribution in [0.2, 0.25) is 13.1 Å². The number of fused-ring (bicyclic) bond motifs is 6. The van der Waals surface area contributed by atoms with E-state index in [1.807, 2.05) is 72.8 Å². The Bertz CT molecular complexity index is 4590. The van der Waals surface area contributed by atoms with Crippen LogP contribution in [-0.2, 0) is 0 Å². The molecule has 8 bridgehead atoms. The van der Waals surface area contributed by atoms with E-state index < -0.39 is 8.56 Å². The second-order valence-electron chi connectivity index (χ2n) is 33.6. The van der Waals surface area contributed by atoms with Gasteiger partial charge in [-0.1, -0.05) is 295 Å². The lowest BCUT2D eigenvalue weighted by molar-refractivity contribution is 0.370. The summed E-state index contributed by atoms with van der Waals surface area (Å²) in [6.45, 7) is 13.5. The SMILES string of the molecule is CCCCCCCCCCCC1c2cc3c4cc2Oc2nc5ccccc5nc2Oc2cc5c(cc21)C(CCCCCCCCCCC)c1cc2c(cc1Oc1nc6ccccc6nc1O5)O[Si](C)(C)Oc1cc(c(cc1C2CCCCCCCCCCC)C3CCCCCCCCCCC)Oc1nc2ccccc2nc1O4. The Morgan fingerprint density at radius 1 is 0.221 bits per heavy atom. The Morgan fingerprint density at radius 3 is 0.584 bits per heavy atom. The first-order chi connectivity index (χ1) is 55.6. The fraction of sp³-hybridized carbons (Fsp3) is 0.510. The van der Waals surface area contributed by atoms with Gasteiger partial charge in [-0.25, -0.2) is 29.9 Å². The standard InChI is InChI=1S/C98H122N6O8Si/c1-7-11-15-19-23-27-31-35-39-49-67-71-59-73-68(50-40-36-32-28-24-20-16-12-8-2)75-61-77-70(52-42-38-34-30-26-22-18-14-10-4)78-62-76-69(51-41-37-33-29-25-21-17-13-9-3)74-60-72(67)86-64-88(74)108-96-98(104-84-58-48-46-56-82(84)102-96)110-90(76)66-92(78)112-113(5,6)111-91(77)65-89(75)109-97-95(101-81-55-45-47-57-83(81)103-97)107-87(73)63-85(71)105-93-94(106-86)100-80-54-44-43-53-79(80)99-93/h43-48,53-70H,7-42,49-52H2,1-6H3. The van der Waals surface area contributed by atoms with Crippen LogP contribution in [0.15, 0.2) is 121 Å². The summed E-state index contributed by atoms with van der Waals surface area (Å²) in [4.78, 5) is 32.2. The van der Waals surface area contributed by atoms with Gasteiger partial charge in [-0.2, -0.15) is 0 Å². The molecule has 10 aromatic rings. The molecule has 2 unspecified atom stereocenters. The Kier molecular flexibility index (Phi) is 27.1. The first kappa shape index (κ1) is 79.4. The van der Waals surface area contributed by atoms with Crippen molar-refractivity contribution in [2.75, 3.05) is 0 Å². The smallest absolute Gasteiger partial charge is 0.454 e. The van der Waals surface area contributed by atoms with Crippen LogP contribution in [-0.4, -0.2) is 38.5 Å². The number of para-hydroxylation sites is 6. The first-order valence-corrected chi connectivity index (χ1v) is 47.4. The topological polar surface area (TPSA) is 151 Å². The average molecular weight is 1540 g/mol. The normalized spacial score (nSPS) is 16.5. The number of hydrogen-bond acceptors (Lipinski definition) is 14. The third-order valence-corrected chi connectivity index (χ3v) is 25.9.